The van der Waals surface area contributed by atoms with Crippen molar-refractivity contribution in [1.82, 2.24) is 9.55 Å². The van der Waals surface area contributed by atoms with Crippen LogP contribution in [0.5, 0.6) is 0 Å². The first-order valence-electron chi connectivity index (χ1n) is 8.02. The number of ether oxygens (including phenoxy) is 2. The number of esters is 2. The summed E-state index contributed by atoms with van der Waals surface area (Å²) in [5.41, 5.74) is 0.970. The number of rotatable bonds is 4. The lowest BCUT2D eigenvalue weighted by Crippen LogP contribution is -2.27. The Bertz CT molecular complexity index is 877. The Balaban J connectivity index is 2.21. The molecule has 0 radical (unpaired) electrons. The van der Waals surface area contributed by atoms with Gasteiger partial charge >= 0.3 is 11.9 Å². The van der Waals surface area contributed by atoms with Gasteiger partial charge in [0.15, 0.2) is 6.61 Å². The molecule has 2 aromatic rings. The van der Waals surface area contributed by atoms with Crippen molar-refractivity contribution in [3.8, 4) is 0 Å². The van der Waals surface area contributed by atoms with Crippen LogP contribution < -0.4 is 5.56 Å². The molecule has 1 aromatic carbocycles. The number of fused-ring (bicyclic) bond motifs is 1. The second kappa shape index (κ2) is 7.04. The zero-order valence-electron chi connectivity index (χ0n) is 15.1. The first-order valence-corrected chi connectivity index (χ1v) is 8.02. The van der Waals surface area contributed by atoms with E-state index < -0.39 is 24.1 Å². The van der Waals surface area contributed by atoms with Gasteiger partial charge in [0.1, 0.15) is 11.3 Å². The molecular formula is C18H22N2O5. The van der Waals surface area contributed by atoms with Gasteiger partial charge in [0.05, 0.1) is 16.6 Å². The van der Waals surface area contributed by atoms with E-state index in [1.165, 1.54) is 0 Å². The van der Waals surface area contributed by atoms with Gasteiger partial charge in [0, 0.05) is 6.54 Å². The molecule has 0 unspecified atom stereocenters. The van der Waals surface area contributed by atoms with E-state index in [0.29, 0.717) is 23.3 Å². The van der Waals surface area contributed by atoms with Gasteiger partial charge in [0.2, 0.25) is 0 Å². The van der Waals surface area contributed by atoms with E-state index in [9.17, 15) is 14.4 Å². The fourth-order valence-electron chi connectivity index (χ4n) is 2.39. The zero-order chi connectivity index (χ0) is 18.8. The Labute approximate surface area is 145 Å². The van der Waals surface area contributed by atoms with Crippen LogP contribution in [0.25, 0.3) is 11.0 Å². The molecule has 0 bridgehead atoms. The number of aromatic nitrogens is 2. The van der Waals surface area contributed by atoms with E-state index in [4.69, 9.17) is 9.47 Å². The molecule has 0 saturated carbocycles. The number of carbonyl (C=O) groups excluding carboxylic acids is 2. The van der Waals surface area contributed by atoms with Crippen LogP contribution in [-0.4, -0.2) is 33.7 Å². The minimum atomic E-state index is -0.651. The molecule has 25 heavy (non-hydrogen) atoms. The number of aryl methyl sites for hydroxylation is 2. The minimum Gasteiger partial charge on any atom is -0.457 e. The monoisotopic (exact) mass is 346 g/mol. The summed E-state index contributed by atoms with van der Waals surface area (Å²) in [6.07, 6.45) is 0. The van der Waals surface area contributed by atoms with Crippen LogP contribution in [0.3, 0.4) is 0 Å². The van der Waals surface area contributed by atoms with Crippen LogP contribution >= 0.6 is 0 Å². The Morgan fingerprint density at radius 1 is 1.24 bits per heavy atom. The molecule has 1 aromatic heterocycles. The van der Waals surface area contributed by atoms with Crippen molar-refractivity contribution in [1.29, 1.82) is 0 Å². The van der Waals surface area contributed by atoms with Crippen LogP contribution in [0.4, 0.5) is 0 Å². The Morgan fingerprint density at radius 2 is 1.92 bits per heavy atom. The van der Waals surface area contributed by atoms with Crippen molar-refractivity contribution in [3.05, 3.63) is 39.8 Å². The summed E-state index contributed by atoms with van der Waals surface area (Å²) in [4.78, 5) is 40.1. The second-order valence-electron chi connectivity index (χ2n) is 6.61. The highest BCUT2D eigenvalue weighted by Crippen LogP contribution is 2.14. The average Bonchev–Trinajstić information content (AvgIpc) is 2.52. The normalized spacial score (nSPS) is 11.4. The quantitative estimate of drug-likeness (QED) is 0.789. The highest BCUT2D eigenvalue weighted by Gasteiger charge is 2.18. The molecule has 0 saturated heterocycles. The molecular weight excluding hydrogens is 324 g/mol. The van der Waals surface area contributed by atoms with Gasteiger partial charge < -0.3 is 14.0 Å². The van der Waals surface area contributed by atoms with Gasteiger partial charge in [-0.25, -0.2) is 14.6 Å². The van der Waals surface area contributed by atoms with Crippen molar-refractivity contribution >= 4 is 23.0 Å². The first kappa shape index (κ1) is 18.6. The molecule has 7 heteroatoms. The molecule has 134 valence electrons. The molecule has 2 rings (SSSR count). The number of hydrogen-bond acceptors (Lipinski definition) is 6. The van der Waals surface area contributed by atoms with Gasteiger partial charge in [-0.15, -0.1) is 0 Å². The average molecular weight is 346 g/mol. The van der Waals surface area contributed by atoms with Gasteiger partial charge in [-0.2, -0.15) is 0 Å². The third-order valence-corrected chi connectivity index (χ3v) is 3.40. The van der Waals surface area contributed by atoms with Crippen LogP contribution in [-0.2, 0) is 20.8 Å². The standard InChI is InChI=1S/C18H22N2O5/c1-6-20-14-8-7-12(9-13(14)19-11(2)16(20)22)17(23)24-10-15(21)25-18(3,4)5/h7-9H,6,10H2,1-5H3. The maximum Gasteiger partial charge on any atom is 0.344 e. The SMILES string of the molecule is CCn1c(=O)c(C)nc2cc(C(=O)OCC(=O)OC(C)(C)C)ccc21. The van der Waals surface area contributed by atoms with Crippen LogP contribution in [0.1, 0.15) is 43.7 Å². The molecule has 0 amide bonds. The summed E-state index contributed by atoms with van der Waals surface area (Å²) < 4.78 is 11.7. The fraction of sp³-hybridized carbons (Fsp3) is 0.444. The van der Waals surface area contributed by atoms with E-state index in [1.807, 2.05) is 6.92 Å². The number of carbonyl (C=O) groups is 2. The highest BCUT2D eigenvalue weighted by atomic mass is 16.6. The Morgan fingerprint density at radius 3 is 2.52 bits per heavy atom. The number of hydrogen-bond donors (Lipinski definition) is 0. The lowest BCUT2D eigenvalue weighted by molar-refractivity contribution is -0.158. The minimum absolute atomic E-state index is 0.157. The third-order valence-electron chi connectivity index (χ3n) is 3.40. The topological polar surface area (TPSA) is 87.5 Å². The van der Waals surface area contributed by atoms with E-state index in [1.54, 1.807) is 50.5 Å². The largest absolute Gasteiger partial charge is 0.457 e. The second-order valence-corrected chi connectivity index (χ2v) is 6.61. The molecule has 1 heterocycles. The van der Waals surface area contributed by atoms with Gasteiger partial charge in [0.25, 0.3) is 5.56 Å². The molecule has 0 aliphatic carbocycles. The molecule has 7 nitrogen and oxygen atoms in total. The molecule has 0 aliphatic rings. The van der Waals surface area contributed by atoms with Crippen molar-refractivity contribution in [2.45, 2.75) is 46.8 Å². The van der Waals surface area contributed by atoms with Crippen molar-refractivity contribution in [3.63, 3.8) is 0 Å². The van der Waals surface area contributed by atoms with Crippen molar-refractivity contribution in [2.75, 3.05) is 6.61 Å². The smallest absolute Gasteiger partial charge is 0.344 e. The summed E-state index contributed by atoms with van der Waals surface area (Å²) in [6.45, 7) is 8.73. The van der Waals surface area contributed by atoms with E-state index in [2.05, 4.69) is 4.98 Å². The molecule has 0 atom stereocenters. The van der Waals surface area contributed by atoms with E-state index in [-0.39, 0.29) is 11.1 Å². The van der Waals surface area contributed by atoms with Crippen LogP contribution in [0.2, 0.25) is 0 Å². The third kappa shape index (κ3) is 4.43. The Hall–Kier alpha value is -2.70. The molecule has 0 spiro atoms. The molecule has 0 N–H and O–H groups in total. The summed E-state index contributed by atoms with van der Waals surface area (Å²) in [6, 6.07) is 4.74. The van der Waals surface area contributed by atoms with Crippen molar-refractivity contribution in [2.24, 2.45) is 0 Å². The fourth-order valence-corrected chi connectivity index (χ4v) is 2.39. The Kier molecular flexibility index (Phi) is 5.25. The number of nitrogens with zero attached hydrogens (tertiary/aromatic N) is 2. The summed E-state index contributed by atoms with van der Waals surface area (Å²) >= 11 is 0. The summed E-state index contributed by atoms with van der Waals surface area (Å²) in [5, 5.41) is 0. The zero-order valence-corrected chi connectivity index (χ0v) is 15.1. The predicted octanol–water partition coefficient (Wildman–Crippen LogP) is 2.22. The summed E-state index contributed by atoms with van der Waals surface area (Å²) in [5.74, 6) is -1.27. The van der Waals surface area contributed by atoms with Crippen LogP contribution in [0, 0.1) is 6.92 Å². The van der Waals surface area contributed by atoms with Crippen LogP contribution in [0.15, 0.2) is 23.0 Å². The van der Waals surface area contributed by atoms with Gasteiger partial charge in [-0.05, 0) is 52.8 Å². The molecule has 0 aliphatic heterocycles. The van der Waals surface area contributed by atoms with Gasteiger partial charge in [-0.3, -0.25) is 4.79 Å². The summed E-state index contributed by atoms with van der Waals surface area (Å²) in [7, 11) is 0. The van der Waals surface area contributed by atoms with E-state index >= 15 is 0 Å². The first-order chi connectivity index (χ1) is 11.6. The van der Waals surface area contributed by atoms with E-state index in [0.717, 1.165) is 0 Å². The molecule has 0 fully saturated rings. The lowest BCUT2D eigenvalue weighted by atomic mass is 10.2. The maximum atomic E-state index is 12.1. The van der Waals surface area contributed by atoms with Crippen molar-refractivity contribution < 1.29 is 19.1 Å². The lowest BCUT2D eigenvalue weighted by Gasteiger charge is -2.19. The van der Waals surface area contributed by atoms with Gasteiger partial charge in [-0.1, -0.05) is 0 Å². The highest BCUT2D eigenvalue weighted by molar-refractivity contribution is 5.94. The number of benzene rings is 1. The maximum absolute atomic E-state index is 12.1. The predicted molar refractivity (Wildman–Crippen MR) is 92.5 cm³/mol.